The minimum absolute atomic E-state index is 0.140. The molecule has 42 heavy (non-hydrogen) atoms. The first kappa shape index (κ1) is 30.7. The Balaban J connectivity index is 1.50. The second kappa shape index (κ2) is 12.3. The molecule has 4 aromatic carbocycles. The van der Waals surface area contributed by atoms with Crippen molar-refractivity contribution in [2.75, 3.05) is 6.61 Å². The summed E-state index contributed by atoms with van der Waals surface area (Å²) in [6.45, 7) is 4.51. The average Bonchev–Trinajstić information content (AvgIpc) is 2.91. The Morgan fingerprint density at radius 1 is 0.738 bits per heavy atom. The number of hydrogen-bond acceptors (Lipinski definition) is 3. The third kappa shape index (κ3) is 7.33. The van der Waals surface area contributed by atoms with Gasteiger partial charge in [-0.3, -0.25) is 0 Å². The zero-order chi connectivity index (χ0) is 30.7. The van der Waals surface area contributed by atoms with Gasteiger partial charge < -0.3 is 9.47 Å². The molecule has 4 rings (SSSR count). The van der Waals surface area contributed by atoms with Crippen molar-refractivity contribution in [2.45, 2.75) is 33.4 Å². The van der Waals surface area contributed by atoms with E-state index in [1.165, 1.54) is 49.4 Å². The van der Waals surface area contributed by atoms with Crippen LogP contribution in [0.25, 0.3) is 0 Å². The summed E-state index contributed by atoms with van der Waals surface area (Å²) >= 11 is 0. The molecule has 0 aliphatic carbocycles. The molecule has 0 bridgehead atoms. The van der Waals surface area contributed by atoms with Crippen molar-refractivity contribution in [1.29, 1.82) is 0 Å². The Morgan fingerprint density at radius 2 is 1.19 bits per heavy atom. The fraction of sp³-hybridized carbons (Fsp3) is 0.129. The van der Waals surface area contributed by atoms with Gasteiger partial charge >= 0.3 is 12.1 Å². The van der Waals surface area contributed by atoms with Crippen LogP contribution in [0.1, 0.15) is 18.1 Å². The molecule has 4 aromatic rings. The van der Waals surface area contributed by atoms with E-state index < -0.39 is 64.1 Å². The van der Waals surface area contributed by atoms with Gasteiger partial charge in [-0.05, 0) is 55.0 Å². The molecule has 0 aromatic heterocycles. The molecule has 11 heteroatoms. The molecule has 0 fully saturated rings. The number of rotatable bonds is 9. The number of hydrogen-bond donors (Lipinski definition) is 0. The average molecular weight is 608 g/mol. The van der Waals surface area contributed by atoms with Crippen LogP contribution in [0, 0.1) is 23.3 Å². The number of esters is 1. The van der Waals surface area contributed by atoms with E-state index in [9.17, 15) is 35.5 Å². The van der Waals surface area contributed by atoms with Crippen molar-refractivity contribution in [3.05, 3.63) is 132 Å². The fourth-order valence-corrected chi connectivity index (χ4v) is 6.14. The summed E-state index contributed by atoms with van der Waals surface area (Å²) in [5.41, 5.74) is -2.04. The number of carbonyl (C=O) groups is 1. The van der Waals surface area contributed by atoms with Gasteiger partial charge in [-0.25, -0.2) is 22.4 Å². The minimum atomic E-state index is -4.52. The maximum atomic E-state index is 14.0. The van der Waals surface area contributed by atoms with Gasteiger partial charge in [0.05, 0.1) is 16.5 Å². The van der Waals surface area contributed by atoms with Crippen LogP contribution in [0.2, 0.25) is 0 Å². The number of benzene rings is 4. The fourth-order valence-electron chi connectivity index (χ4n) is 3.99. The summed E-state index contributed by atoms with van der Waals surface area (Å²) in [4.78, 5) is 13.3. The van der Waals surface area contributed by atoms with Crippen LogP contribution in [0.5, 0.6) is 5.75 Å². The molecule has 1 atom stereocenters. The lowest BCUT2D eigenvalue weighted by molar-refractivity contribution is -0.157. The second-order valence-electron chi connectivity index (χ2n) is 9.14. The lowest BCUT2D eigenvalue weighted by Crippen LogP contribution is -2.29. The molecule has 3 nitrogen and oxygen atoms in total. The zero-order valence-electron chi connectivity index (χ0n) is 21.9. The quantitative estimate of drug-likeness (QED) is 0.0830. The minimum Gasteiger partial charge on any atom is -0.482 e. The monoisotopic (exact) mass is 607 g/mol. The number of alkyl halides is 3. The van der Waals surface area contributed by atoms with Gasteiger partial charge in [0.1, 0.15) is 29.0 Å². The van der Waals surface area contributed by atoms with E-state index in [4.69, 9.17) is 9.47 Å². The molecule has 0 aliphatic heterocycles. The molecule has 0 amide bonds. The SMILES string of the molecule is C=CC(C)(OC(=O)COc1ccc([S+](c2cc(F)cc(F)c2)c2cc(F)cc(F)c2)cc1)c1ccc(C(F)(F)F)cc1. The van der Waals surface area contributed by atoms with Crippen molar-refractivity contribution >= 4 is 16.9 Å². The van der Waals surface area contributed by atoms with E-state index in [0.29, 0.717) is 17.0 Å². The van der Waals surface area contributed by atoms with Crippen LogP contribution < -0.4 is 4.74 Å². The Kier molecular flexibility index (Phi) is 9.00. The molecule has 0 radical (unpaired) electrons. The molecule has 0 N–H and O–H groups in total. The van der Waals surface area contributed by atoms with Gasteiger partial charge in [0.2, 0.25) is 0 Å². The second-order valence-corrected chi connectivity index (χ2v) is 11.2. The van der Waals surface area contributed by atoms with Gasteiger partial charge in [-0.15, -0.1) is 0 Å². The maximum Gasteiger partial charge on any atom is 0.416 e. The van der Waals surface area contributed by atoms with E-state index in [2.05, 4.69) is 6.58 Å². The van der Waals surface area contributed by atoms with E-state index in [0.717, 1.165) is 36.4 Å². The Morgan fingerprint density at radius 3 is 1.62 bits per heavy atom. The largest absolute Gasteiger partial charge is 0.482 e. The van der Waals surface area contributed by atoms with Gasteiger partial charge in [0.25, 0.3) is 0 Å². The molecule has 0 saturated carbocycles. The van der Waals surface area contributed by atoms with Crippen LogP contribution in [0.15, 0.2) is 112 Å². The first-order valence-electron chi connectivity index (χ1n) is 12.2. The third-order valence-corrected chi connectivity index (χ3v) is 8.22. The van der Waals surface area contributed by atoms with Crippen LogP contribution in [-0.4, -0.2) is 12.6 Å². The highest BCUT2D eigenvalue weighted by atomic mass is 32.2. The van der Waals surface area contributed by atoms with Gasteiger partial charge in [0, 0.05) is 36.4 Å². The molecule has 218 valence electrons. The summed E-state index contributed by atoms with van der Waals surface area (Å²) in [7, 11) is -1.31. The lowest BCUT2D eigenvalue weighted by Gasteiger charge is -2.27. The summed E-state index contributed by atoms with van der Waals surface area (Å²) in [6.07, 6.45) is -3.25. The molecule has 0 heterocycles. The van der Waals surface area contributed by atoms with E-state index >= 15 is 0 Å². The Bertz CT molecular complexity index is 1500. The first-order chi connectivity index (χ1) is 19.8. The summed E-state index contributed by atoms with van der Waals surface area (Å²) in [5, 5.41) is 0. The van der Waals surface area contributed by atoms with E-state index in [-0.39, 0.29) is 21.1 Å². The molecular weight excluding hydrogens is 585 g/mol. The molecule has 0 aliphatic rings. The third-order valence-electron chi connectivity index (χ3n) is 6.06. The van der Waals surface area contributed by atoms with Gasteiger partial charge in [0.15, 0.2) is 26.9 Å². The molecule has 0 saturated heterocycles. The summed E-state index contributed by atoms with van der Waals surface area (Å²) in [5.74, 6) is -4.08. The number of ether oxygens (including phenoxy) is 2. The van der Waals surface area contributed by atoms with Crippen molar-refractivity contribution in [1.82, 2.24) is 0 Å². The van der Waals surface area contributed by atoms with Crippen molar-refractivity contribution in [2.24, 2.45) is 0 Å². The smallest absolute Gasteiger partial charge is 0.416 e. The normalized spacial score (nSPS) is 13.0. The van der Waals surface area contributed by atoms with Crippen molar-refractivity contribution < 1.29 is 45.0 Å². The molecule has 1 unspecified atom stereocenters. The van der Waals surface area contributed by atoms with Crippen molar-refractivity contribution in [3.63, 3.8) is 0 Å². The molecular formula is C31H22F7O3S+. The molecule has 0 spiro atoms. The topological polar surface area (TPSA) is 35.5 Å². The predicted molar refractivity (Wildman–Crippen MR) is 142 cm³/mol. The Hall–Kier alpha value is -4.25. The van der Waals surface area contributed by atoms with Crippen LogP contribution in [0.4, 0.5) is 30.7 Å². The summed E-state index contributed by atoms with van der Waals surface area (Å²) < 4.78 is 106. The standard InChI is InChI=1S/C31H22F7O3S/c1-3-30(2,19-4-6-20(7-5-19)31(36,37)38)41-29(39)18-40-25-8-10-26(11-9-25)42(27-14-21(32)12-22(33)15-27)28-16-23(34)13-24(35)17-28/h3-17H,1,18H2,2H3/q+1. The van der Waals surface area contributed by atoms with Gasteiger partial charge in [-0.2, -0.15) is 13.2 Å². The lowest BCUT2D eigenvalue weighted by atomic mass is 9.95. The summed E-state index contributed by atoms with van der Waals surface area (Å²) in [6, 6.07) is 15.7. The first-order valence-corrected chi connectivity index (χ1v) is 13.4. The van der Waals surface area contributed by atoms with Gasteiger partial charge in [-0.1, -0.05) is 18.7 Å². The van der Waals surface area contributed by atoms with Crippen molar-refractivity contribution in [3.8, 4) is 5.75 Å². The highest BCUT2D eigenvalue weighted by Gasteiger charge is 2.33. The number of carbonyl (C=O) groups excluding carboxylic acids is 1. The highest BCUT2D eigenvalue weighted by Crippen LogP contribution is 2.35. The highest BCUT2D eigenvalue weighted by molar-refractivity contribution is 7.97. The van der Waals surface area contributed by atoms with Crippen LogP contribution >= 0.6 is 0 Å². The van der Waals surface area contributed by atoms with Crippen LogP contribution in [-0.2, 0) is 32.2 Å². The predicted octanol–water partition coefficient (Wildman–Crippen LogP) is 8.38. The Labute approximate surface area is 239 Å². The zero-order valence-corrected chi connectivity index (χ0v) is 22.7. The maximum absolute atomic E-state index is 14.0. The van der Waals surface area contributed by atoms with E-state index in [1.54, 1.807) is 0 Å². The van der Waals surface area contributed by atoms with E-state index in [1.807, 2.05) is 0 Å². The number of halogens is 7. The van der Waals surface area contributed by atoms with Crippen LogP contribution in [0.3, 0.4) is 0 Å².